The predicted molar refractivity (Wildman–Crippen MR) is 132 cm³/mol. The molecule has 0 bridgehead atoms. The molecule has 0 fully saturated rings. The average molecular weight is 434 g/mol. The van der Waals surface area contributed by atoms with Crippen LogP contribution < -0.4 is 0 Å². The Hall–Kier alpha value is -3.70. The van der Waals surface area contributed by atoms with Gasteiger partial charge >= 0.3 is 0 Å². The second-order valence-electron chi connectivity index (χ2n) is 8.55. The second-order valence-corrected chi connectivity index (χ2v) is 8.55. The molecule has 0 aliphatic heterocycles. The molecule has 0 spiro atoms. The van der Waals surface area contributed by atoms with Crippen LogP contribution in [0.4, 0.5) is 4.39 Å². The summed E-state index contributed by atoms with van der Waals surface area (Å²) in [6, 6.07) is 40.3. The van der Waals surface area contributed by atoms with Crippen molar-refractivity contribution in [2.24, 2.45) is 0 Å². The molecule has 0 N–H and O–H groups in total. The van der Waals surface area contributed by atoms with Gasteiger partial charge in [-0.2, -0.15) is 5.26 Å². The number of rotatable bonds is 9. The molecular weight excluding hydrogens is 405 g/mol. The minimum atomic E-state index is -0.276. The molecule has 1 nitrogen and oxygen atoms in total. The first-order valence-corrected chi connectivity index (χ1v) is 11.5. The minimum absolute atomic E-state index is 0.00245. The van der Waals surface area contributed by atoms with Crippen molar-refractivity contribution in [2.75, 3.05) is 0 Å². The Morgan fingerprint density at radius 1 is 0.667 bits per heavy atom. The number of aryl methyl sites for hydroxylation is 1. The monoisotopic (exact) mass is 433 g/mol. The van der Waals surface area contributed by atoms with Crippen molar-refractivity contribution in [3.63, 3.8) is 0 Å². The summed E-state index contributed by atoms with van der Waals surface area (Å²) in [5.74, 6) is -0.358. The fourth-order valence-electron chi connectivity index (χ4n) is 4.70. The third kappa shape index (κ3) is 5.96. The van der Waals surface area contributed by atoms with Gasteiger partial charge in [0.05, 0.1) is 12.0 Å². The summed E-state index contributed by atoms with van der Waals surface area (Å²) in [5.41, 5.74) is 4.44. The molecule has 4 aromatic carbocycles. The highest BCUT2D eigenvalue weighted by molar-refractivity contribution is 5.34. The third-order valence-electron chi connectivity index (χ3n) is 6.41. The number of hydrogen-bond acceptors (Lipinski definition) is 1. The third-order valence-corrected chi connectivity index (χ3v) is 6.41. The molecule has 0 amide bonds. The van der Waals surface area contributed by atoms with Gasteiger partial charge in [0.15, 0.2) is 0 Å². The first-order valence-electron chi connectivity index (χ1n) is 11.5. The van der Waals surface area contributed by atoms with Crippen LogP contribution in [0, 0.1) is 17.1 Å². The number of benzene rings is 4. The number of hydrogen-bond donors (Lipinski definition) is 0. The molecule has 0 aromatic heterocycles. The van der Waals surface area contributed by atoms with E-state index in [9.17, 15) is 9.65 Å². The number of halogens is 1. The van der Waals surface area contributed by atoms with E-state index in [2.05, 4.69) is 42.5 Å². The van der Waals surface area contributed by atoms with Crippen LogP contribution in [0.25, 0.3) is 0 Å². The van der Waals surface area contributed by atoms with Gasteiger partial charge in [-0.3, -0.25) is 0 Å². The van der Waals surface area contributed by atoms with Crippen LogP contribution in [0.2, 0.25) is 0 Å². The first kappa shape index (κ1) is 22.5. The predicted octanol–water partition coefficient (Wildman–Crippen LogP) is 8.02. The van der Waals surface area contributed by atoms with Gasteiger partial charge in [0.25, 0.3) is 0 Å². The van der Waals surface area contributed by atoms with Gasteiger partial charge in [-0.15, -0.1) is 0 Å². The Bertz CT molecular complexity index is 1170. The maximum Gasteiger partial charge on any atom is 0.123 e. The van der Waals surface area contributed by atoms with Gasteiger partial charge in [0, 0.05) is 5.92 Å². The van der Waals surface area contributed by atoms with E-state index in [0.29, 0.717) is 0 Å². The van der Waals surface area contributed by atoms with E-state index < -0.39 is 0 Å². The molecule has 3 atom stereocenters. The molecule has 164 valence electrons. The molecule has 0 radical (unpaired) electrons. The summed E-state index contributed by atoms with van der Waals surface area (Å²) in [6.07, 6.45) is 2.57. The summed E-state index contributed by atoms with van der Waals surface area (Å²) in [4.78, 5) is 0. The van der Waals surface area contributed by atoms with Crippen molar-refractivity contribution in [3.05, 3.63) is 143 Å². The standard InChI is InChI=1S/C31H28FN/c32-29-18-10-17-27(21-29)28(20-19-24-11-4-1-5-12-24)22-30(25-13-6-2-7-14-25)31(23-33)26-15-8-3-9-16-26/h1-18,21,28,30-31H,19-20,22H2. The Morgan fingerprint density at radius 3 is 1.85 bits per heavy atom. The Balaban J connectivity index is 1.69. The molecule has 4 rings (SSSR count). The molecule has 3 unspecified atom stereocenters. The van der Waals surface area contributed by atoms with Crippen molar-refractivity contribution >= 4 is 0 Å². The van der Waals surface area contributed by atoms with Crippen molar-refractivity contribution in [3.8, 4) is 6.07 Å². The van der Waals surface area contributed by atoms with Crippen molar-refractivity contribution in [1.29, 1.82) is 5.26 Å². The van der Waals surface area contributed by atoms with Crippen LogP contribution in [0.5, 0.6) is 0 Å². The van der Waals surface area contributed by atoms with Gasteiger partial charge in [-0.25, -0.2) is 4.39 Å². The summed E-state index contributed by atoms with van der Waals surface area (Å²) in [6.45, 7) is 0. The molecular formula is C31H28FN. The Labute approximate surface area is 196 Å². The van der Waals surface area contributed by atoms with Crippen molar-refractivity contribution in [1.82, 2.24) is 0 Å². The van der Waals surface area contributed by atoms with E-state index in [-0.39, 0.29) is 23.6 Å². The lowest BCUT2D eigenvalue weighted by Crippen LogP contribution is -2.15. The van der Waals surface area contributed by atoms with Crippen LogP contribution in [0.1, 0.15) is 52.8 Å². The van der Waals surface area contributed by atoms with Crippen LogP contribution in [-0.2, 0) is 6.42 Å². The van der Waals surface area contributed by atoms with Gasteiger partial charge in [0.1, 0.15) is 5.82 Å². The summed E-state index contributed by atoms with van der Waals surface area (Å²) >= 11 is 0. The van der Waals surface area contributed by atoms with E-state index in [1.165, 1.54) is 11.6 Å². The summed E-state index contributed by atoms with van der Waals surface area (Å²) < 4.78 is 14.2. The van der Waals surface area contributed by atoms with Gasteiger partial charge in [-0.1, -0.05) is 103 Å². The lowest BCUT2D eigenvalue weighted by molar-refractivity contribution is 0.478. The Kier molecular flexibility index (Phi) is 7.67. The van der Waals surface area contributed by atoms with E-state index in [1.807, 2.05) is 60.7 Å². The van der Waals surface area contributed by atoms with Gasteiger partial charge in [-0.05, 0) is 59.6 Å². The highest BCUT2D eigenvalue weighted by Crippen LogP contribution is 2.41. The lowest BCUT2D eigenvalue weighted by Gasteiger charge is -2.28. The maximum absolute atomic E-state index is 14.2. The molecule has 0 saturated carbocycles. The largest absolute Gasteiger partial charge is 0.207 e. The molecule has 33 heavy (non-hydrogen) atoms. The number of nitriles is 1. The van der Waals surface area contributed by atoms with Crippen LogP contribution in [0.15, 0.2) is 115 Å². The van der Waals surface area contributed by atoms with Crippen LogP contribution in [-0.4, -0.2) is 0 Å². The van der Waals surface area contributed by atoms with Gasteiger partial charge in [0.2, 0.25) is 0 Å². The maximum atomic E-state index is 14.2. The highest BCUT2D eigenvalue weighted by atomic mass is 19.1. The summed E-state index contributed by atoms with van der Waals surface area (Å²) in [7, 11) is 0. The van der Waals surface area contributed by atoms with Crippen molar-refractivity contribution < 1.29 is 4.39 Å². The highest BCUT2D eigenvalue weighted by Gasteiger charge is 2.28. The first-order chi connectivity index (χ1) is 16.2. The minimum Gasteiger partial charge on any atom is -0.207 e. The molecule has 2 heteroatoms. The zero-order valence-electron chi connectivity index (χ0n) is 18.6. The van der Waals surface area contributed by atoms with E-state index >= 15 is 0 Å². The fourth-order valence-corrected chi connectivity index (χ4v) is 4.70. The van der Waals surface area contributed by atoms with Crippen LogP contribution >= 0.6 is 0 Å². The molecule has 0 aliphatic rings. The van der Waals surface area contributed by atoms with Crippen LogP contribution in [0.3, 0.4) is 0 Å². The molecule has 0 saturated heterocycles. The van der Waals surface area contributed by atoms with E-state index in [0.717, 1.165) is 36.0 Å². The summed E-state index contributed by atoms with van der Waals surface area (Å²) in [5, 5.41) is 10.2. The fraction of sp³-hybridized carbons (Fsp3) is 0.194. The Morgan fingerprint density at radius 2 is 1.24 bits per heavy atom. The topological polar surface area (TPSA) is 23.8 Å². The lowest BCUT2D eigenvalue weighted by atomic mass is 9.74. The normalized spacial score (nSPS) is 13.6. The SMILES string of the molecule is N#CC(c1ccccc1)C(CC(CCc1ccccc1)c1cccc(F)c1)c1ccccc1. The quantitative estimate of drug-likeness (QED) is 0.262. The van der Waals surface area contributed by atoms with E-state index in [4.69, 9.17) is 0 Å². The molecule has 4 aromatic rings. The van der Waals surface area contributed by atoms with E-state index in [1.54, 1.807) is 12.1 Å². The molecule has 0 heterocycles. The second kappa shape index (κ2) is 11.2. The zero-order valence-corrected chi connectivity index (χ0v) is 18.6. The van der Waals surface area contributed by atoms with Gasteiger partial charge < -0.3 is 0 Å². The zero-order chi connectivity index (χ0) is 22.9. The smallest absolute Gasteiger partial charge is 0.123 e. The average Bonchev–Trinajstić information content (AvgIpc) is 2.87. The van der Waals surface area contributed by atoms with Crippen molar-refractivity contribution in [2.45, 2.75) is 37.0 Å². The number of nitrogens with zero attached hydrogens (tertiary/aromatic N) is 1. The molecule has 0 aliphatic carbocycles.